The lowest BCUT2D eigenvalue weighted by Crippen LogP contribution is -2.50. The quantitative estimate of drug-likeness (QED) is 0.928. The van der Waals surface area contributed by atoms with E-state index in [1.165, 1.54) is 5.56 Å². The molecule has 4 atom stereocenters. The fourth-order valence-electron chi connectivity index (χ4n) is 4.11. The van der Waals surface area contributed by atoms with Crippen molar-refractivity contribution in [2.24, 2.45) is 17.8 Å². The van der Waals surface area contributed by atoms with Gasteiger partial charge in [0.25, 0.3) is 0 Å². The van der Waals surface area contributed by atoms with E-state index in [0.29, 0.717) is 18.3 Å². The Morgan fingerprint density at radius 3 is 2.39 bits per heavy atom. The molecule has 1 saturated carbocycles. The van der Waals surface area contributed by atoms with Crippen molar-refractivity contribution in [2.45, 2.75) is 38.5 Å². The van der Waals surface area contributed by atoms with Crippen LogP contribution in [0.1, 0.15) is 44.1 Å². The molecule has 1 aliphatic carbocycles. The van der Waals surface area contributed by atoms with E-state index in [9.17, 15) is 9.59 Å². The number of carbonyl (C=O) groups is 2. The first-order valence-electron chi connectivity index (χ1n) is 8.68. The van der Waals surface area contributed by atoms with Gasteiger partial charge in [0.2, 0.25) is 5.91 Å². The van der Waals surface area contributed by atoms with Crippen molar-refractivity contribution in [1.82, 2.24) is 4.90 Å². The topological polar surface area (TPSA) is 57.6 Å². The zero-order chi connectivity index (χ0) is 16.4. The summed E-state index contributed by atoms with van der Waals surface area (Å²) in [7, 11) is 0. The molecule has 1 heterocycles. The van der Waals surface area contributed by atoms with Crippen molar-refractivity contribution in [1.29, 1.82) is 0 Å². The predicted molar refractivity (Wildman–Crippen MR) is 88.0 cm³/mol. The number of carboxylic acids is 1. The Labute approximate surface area is 137 Å². The number of nitrogens with zero attached hydrogens (tertiary/aromatic N) is 1. The molecule has 4 heteroatoms. The van der Waals surface area contributed by atoms with E-state index in [4.69, 9.17) is 5.11 Å². The molecule has 1 aliphatic heterocycles. The van der Waals surface area contributed by atoms with Crippen LogP contribution in [0.25, 0.3) is 0 Å². The third kappa shape index (κ3) is 3.12. The predicted octanol–water partition coefficient (Wildman–Crippen LogP) is 3.14. The van der Waals surface area contributed by atoms with Crippen LogP contribution >= 0.6 is 0 Å². The summed E-state index contributed by atoms with van der Waals surface area (Å²) >= 11 is 0. The number of aliphatic carboxylic acids is 1. The molecule has 1 aromatic carbocycles. The van der Waals surface area contributed by atoms with Gasteiger partial charge in [-0.25, -0.2) is 0 Å². The third-order valence-electron chi connectivity index (χ3n) is 5.71. The summed E-state index contributed by atoms with van der Waals surface area (Å²) in [4.78, 5) is 25.8. The molecule has 4 nitrogen and oxygen atoms in total. The van der Waals surface area contributed by atoms with Gasteiger partial charge in [0.05, 0.1) is 11.8 Å². The lowest BCUT2D eigenvalue weighted by molar-refractivity contribution is -0.157. The summed E-state index contributed by atoms with van der Waals surface area (Å²) in [5.41, 5.74) is 1.36. The van der Waals surface area contributed by atoms with E-state index in [-0.39, 0.29) is 11.8 Å². The van der Waals surface area contributed by atoms with Crippen LogP contribution in [0.3, 0.4) is 0 Å². The third-order valence-corrected chi connectivity index (χ3v) is 5.71. The fraction of sp³-hybridized carbons (Fsp3) is 0.579. The molecule has 124 valence electrons. The Kier molecular flexibility index (Phi) is 4.69. The molecule has 1 N–H and O–H groups in total. The van der Waals surface area contributed by atoms with Gasteiger partial charge in [0.1, 0.15) is 0 Å². The molecule has 0 aromatic heterocycles. The molecule has 1 aromatic rings. The first kappa shape index (κ1) is 16.0. The maximum absolute atomic E-state index is 12.7. The van der Waals surface area contributed by atoms with Gasteiger partial charge < -0.3 is 10.0 Å². The average Bonchev–Trinajstić information content (AvgIpc) is 2.53. The van der Waals surface area contributed by atoms with Crippen LogP contribution in [-0.2, 0) is 9.59 Å². The van der Waals surface area contributed by atoms with E-state index < -0.39 is 11.9 Å². The van der Waals surface area contributed by atoms with E-state index in [1.54, 1.807) is 0 Å². The maximum Gasteiger partial charge on any atom is 0.307 e. The minimum atomic E-state index is -0.819. The Balaban J connectivity index is 1.67. The van der Waals surface area contributed by atoms with Crippen LogP contribution in [0, 0.1) is 17.8 Å². The highest BCUT2D eigenvalue weighted by molar-refractivity contribution is 5.86. The normalized spacial score (nSPS) is 30.6. The number of carbonyl (C=O) groups excluding carboxylic acids is 1. The first-order valence-corrected chi connectivity index (χ1v) is 8.68. The minimum Gasteiger partial charge on any atom is -0.481 e. The second kappa shape index (κ2) is 6.73. The van der Waals surface area contributed by atoms with Crippen molar-refractivity contribution in [3.8, 4) is 0 Å². The molecule has 1 saturated heterocycles. The van der Waals surface area contributed by atoms with Gasteiger partial charge in [-0.05, 0) is 36.7 Å². The van der Waals surface area contributed by atoms with Crippen LogP contribution in [0.2, 0.25) is 0 Å². The fourth-order valence-corrected chi connectivity index (χ4v) is 4.11. The molecule has 2 fully saturated rings. The van der Waals surface area contributed by atoms with Crippen LogP contribution in [0.5, 0.6) is 0 Å². The van der Waals surface area contributed by atoms with Gasteiger partial charge in [0, 0.05) is 13.1 Å². The summed E-state index contributed by atoms with van der Waals surface area (Å²) in [5.74, 6) is -0.553. The summed E-state index contributed by atoms with van der Waals surface area (Å²) in [5, 5.41) is 9.17. The number of amides is 1. The van der Waals surface area contributed by atoms with Gasteiger partial charge in [-0.1, -0.05) is 43.7 Å². The number of benzene rings is 1. The Morgan fingerprint density at radius 2 is 1.83 bits per heavy atom. The van der Waals surface area contributed by atoms with Crippen LogP contribution in [0.4, 0.5) is 0 Å². The number of piperidine rings is 1. The standard InChI is InChI=1S/C19H25NO3/c1-2-13-12-20(18(21)16-8-9-17(16)19(22)23)11-10-15(13)14-6-4-3-5-7-14/h3-7,13,15-17H,2,8-12H2,1H3,(H,22,23). The van der Waals surface area contributed by atoms with Gasteiger partial charge in [0.15, 0.2) is 0 Å². The largest absolute Gasteiger partial charge is 0.481 e. The summed E-state index contributed by atoms with van der Waals surface area (Å²) in [6.45, 7) is 3.69. The SMILES string of the molecule is CCC1CN(C(=O)C2CCC2C(=O)O)CCC1c1ccccc1. The average molecular weight is 315 g/mol. The van der Waals surface area contributed by atoms with Gasteiger partial charge in [-0.15, -0.1) is 0 Å². The van der Waals surface area contributed by atoms with Gasteiger partial charge >= 0.3 is 5.97 Å². The second-order valence-electron chi connectivity index (χ2n) is 6.89. The molecule has 0 radical (unpaired) electrons. The highest BCUT2D eigenvalue weighted by atomic mass is 16.4. The van der Waals surface area contributed by atoms with Crippen molar-refractivity contribution < 1.29 is 14.7 Å². The van der Waals surface area contributed by atoms with E-state index >= 15 is 0 Å². The van der Waals surface area contributed by atoms with Crippen LogP contribution < -0.4 is 0 Å². The number of likely N-dealkylation sites (tertiary alicyclic amines) is 1. The number of hydrogen-bond donors (Lipinski definition) is 1. The Hall–Kier alpha value is -1.84. The summed E-state index contributed by atoms with van der Waals surface area (Å²) in [6, 6.07) is 10.5. The molecule has 4 unspecified atom stereocenters. The number of hydrogen-bond acceptors (Lipinski definition) is 2. The van der Waals surface area contributed by atoms with E-state index in [0.717, 1.165) is 32.4 Å². The van der Waals surface area contributed by atoms with Crippen molar-refractivity contribution in [3.63, 3.8) is 0 Å². The molecule has 2 aliphatic rings. The Bertz CT molecular complexity index is 571. The first-order chi connectivity index (χ1) is 11.1. The summed E-state index contributed by atoms with van der Waals surface area (Å²) in [6.07, 6.45) is 3.38. The molecule has 1 amide bonds. The van der Waals surface area contributed by atoms with Crippen molar-refractivity contribution >= 4 is 11.9 Å². The van der Waals surface area contributed by atoms with Crippen LogP contribution in [0.15, 0.2) is 30.3 Å². The molecule has 0 bridgehead atoms. The number of carboxylic acid groups (broad SMARTS) is 1. The number of rotatable bonds is 4. The lowest BCUT2D eigenvalue weighted by atomic mass is 9.72. The van der Waals surface area contributed by atoms with Gasteiger partial charge in [-0.2, -0.15) is 0 Å². The minimum absolute atomic E-state index is 0.0635. The van der Waals surface area contributed by atoms with E-state index in [1.807, 2.05) is 11.0 Å². The van der Waals surface area contributed by atoms with Crippen molar-refractivity contribution in [3.05, 3.63) is 35.9 Å². The zero-order valence-electron chi connectivity index (χ0n) is 13.6. The highest BCUT2D eigenvalue weighted by Crippen LogP contribution is 2.39. The summed E-state index contributed by atoms with van der Waals surface area (Å²) < 4.78 is 0. The molecule has 23 heavy (non-hydrogen) atoms. The smallest absolute Gasteiger partial charge is 0.307 e. The van der Waals surface area contributed by atoms with Crippen molar-refractivity contribution in [2.75, 3.05) is 13.1 Å². The maximum atomic E-state index is 12.7. The monoisotopic (exact) mass is 315 g/mol. The van der Waals surface area contributed by atoms with Crippen LogP contribution in [-0.4, -0.2) is 35.0 Å². The zero-order valence-corrected chi connectivity index (χ0v) is 13.6. The molecule has 3 rings (SSSR count). The molecular formula is C19H25NO3. The highest BCUT2D eigenvalue weighted by Gasteiger charge is 2.44. The van der Waals surface area contributed by atoms with Gasteiger partial charge in [-0.3, -0.25) is 9.59 Å². The molecular weight excluding hydrogens is 290 g/mol. The Morgan fingerprint density at radius 1 is 1.13 bits per heavy atom. The second-order valence-corrected chi connectivity index (χ2v) is 6.89. The lowest BCUT2D eigenvalue weighted by Gasteiger charge is -2.42. The molecule has 0 spiro atoms. The van der Waals surface area contributed by atoms with E-state index in [2.05, 4.69) is 31.2 Å².